The van der Waals surface area contributed by atoms with Gasteiger partial charge in [0.2, 0.25) is 5.91 Å². The number of hydrogen-bond acceptors (Lipinski definition) is 2. The molecule has 0 aliphatic heterocycles. The lowest BCUT2D eigenvalue weighted by Gasteiger charge is -2.10. The Morgan fingerprint density at radius 3 is 2.80 bits per heavy atom. The Balaban J connectivity index is 2.09. The fourth-order valence-electron chi connectivity index (χ4n) is 1.96. The average molecular weight is 204 g/mol. The molecule has 80 valence electrons. The number of carbonyl (C=O) groups excluding carboxylic acids is 1. The van der Waals surface area contributed by atoms with Crippen molar-refractivity contribution < 1.29 is 4.79 Å². The molecule has 3 nitrogen and oxygen atoms in total. The summed E-state index contributed by atoms with van der Waals surface area (Å²) in [6.45, 7) is 2.54. The summed E-state index contributed by atoms with van der Waals surface area (Å²) in [4.78, 5) is 11.7. The summed E-state index contributed by atoms with van der Waals surface area (Å²) in [5.41, 5.74) is 6.53. The van der Waals surface area contributed by atoms with Crippen molar-refractivity contribution >= 4 is 5.91 Å². The summed E-state index contributed by atoms with van der Waals surface area (Å²) in [5.74, 6) is 0.157. The molecule has 1 aliphatic carbocycles. The van der Waals surface area contributed by atoms with Gasteiger partial charge in [-0.05, 0) is 18.9 Å². The maximum absolute atomic E-state index is 11.7. The molecule has 15 heavy (non-hydrogen) atoms. The predicted molar refractivity (Wildman–Crippen MR) is 59.4 cm³/mol. The molecule has 0 bridgehead atoms. The highest BCUT2D eigenvalue weighted by molar-refractivity contribution is 5.91. The fraction of sp³-hybridized carbons (Fsp3) is 0.417. The second kappa shape index (κ2) is 3.66. The molecule has 0 saturated heterocycles. The molecule has 2 rings (SSSR count). The van der Waals surface area contributed by atoms with Crippen LogP contribution in [0.4, 0.5) is 0 Å². The normalized spacial score (nSPS) is 28.5. The third-order valence-corrected chi connectivity index (χ3v) is 2.97. The molecule has 1 saturated carbocycles. The van der Waals surface area contributed by atoms with Crippen LogP contribution in [0.1, 0.15) is 24.8 Å². The maximum atomic E-state index is 11.7. The average Bonchev–Trinajstić information content (AvgIpc) is 2.94. The minimum Gasteiger partial charge on any atom is -0.355 e. The van der Waals surface area contributed by atoms with E-state index >= 15 is 0 Å². The van der Waals surface area contributed by atoms with Gasteiger partial charge in [-0.2, -0.15) is 0 Å². The van der Waals surface area contributed by atoms with Crippen molar-refractivity contribution in [2.75, 3.05) is 6.54 Å². The summed E-state index contributed by atoms with van der Waals surface area (Å²) in [6, 6.07) is 9.98. The number of nitrogens with one attached hydrogen (secondary N) is 1. The van der Waals surface area contributed by atoms with E-state index in [4.69, 9.17) is 5.73 Å². The molecule has 0 aromatic heterocycles. The van der Waals surface area contributed by atoms with E-state index < -0.39 is 5.54 Å². The van der Waals surface area contributed by atoms with Crippen LogP contribution in [0.25, 0.3) is 0 Å². The molecular weight excluding hydrogens is 188 g/mol. The van der Waals surface area contributed by atoms with E-state index in [1.165, 1.54) is 0 Å². The van der Waals surface area contributed by atoms with Crippen LogP contribution in [0.15, 0.2) is 30.3 Å². The third-order valence-electron chi connectivity index (χ3n) is 2.97. The number of rotatable bonds is 3. The standard InChI is InChI=1S/C12H16N2O/c1-2-14-11(15)12(13)8-10(12)9-6-4-3-5-7-9/h3-7,10H,2,8,13H2,1H3,(H,14,15)/t10-,12+/m1/s1. The van der Waals surface area contributed by atoms with Gasteiger partial charge in [-0.3, -0.25) is 4.79 Å². The van der Waals surface area contributed by atoms with E-state index in [0.29, 0.717) is 6.54 Å². The van der Waals surface area contributed by atoms with Gasteiger partial charge in [0.1, 0.15) is 5.54 Å². The molecule has 1 aliphatic rings. The number of likely N-dealkylation sites (N-methyl/N-ethyl adjacent to an activating group) is 1. The van der Waals surface area contributed by atoms with Crippen LogP contribution in [0, 0.1) is 0 Å². The van der Waals surface area contributed by atoms with Gasteiger partial charge in [0.25, 0.3) is 0 Å². The van der Waals surface area contributed by atoms with Gasteiger partial charge >= 0.3 is 0 Å². The number of benzene rings is 1. The minimum absolute atomic E-state index is 0.0288. The second-order valence-electron chi connectivity index (χ2n) is 4.07. The summed E-state index contributed by atoms with van der Waals surface area (Å²) in [7, 11) is 0. The van der Waals surface area contributed by atoms with E-state index in [2.05, 4.69) is 5.32 Å². The highest BCUT2D eigenvalue weighted by atomic mass is 16.2. The lowest BCUT2D eigenvalue weighted by Crippen LogP contribution is -2.44. The molecule has 3 N–H and O–H groups in total. The van der Waals surface area contributed by atoms with Gasteiger partial charge in [-0.25, -0.2) is 0 Å². The molecular formula is C12H16N2O. The first-order chi connectivity index (χ1) is 7.18. The van der Waals surface area contributed by atoms with Gasteiger partial charge in [0.15, 0.2) is 0 Å². The Hall–Kier alpha value is -1.35. The van der Waals surface area contributed by atoms with E-state index in [1.807, 2.05) is 37.3 Å². The first-order valence-corrected chi connectivity index (χ1v) is 5.30. The molecule has 0 spiro atoms. The van der Waals surface area contributed by atoms with Crippen LogP contribution >= 0.6 is 0 Å². The molecule has 0 unspecified atom stereocenters. The number of carbonyl (C=O) groups is 1. The van der Waals surface area contributed by atoms with Crippen molar-refractivity contribution in [3.8, 4) is 0 Å². The van der Waals surface area contributed by atoms with Crippen LogP contribution < -0.4 is 11.1 Å². The summed E-state index contributed by atoms with van der Waals surface area (Å²) >= 11 is 0. The maximum Gasteiger partial charge on any atom is 0.240 e. The topological polar surface area (TPSA) is 55.1 Å². The highest BCUT2D eigenvalue weighted by Gasteiger charge is 2.57. The molecule has 0 heterocycles. The van der Waals surface area contributed by atoms with Crippen molar-refractivity contribution in [3.63, 3.8) is 0 Å². The van der Waals surface area contributed by atoms with Crippen molar-refractivity contribution in [1.29, 1.82) is 0 Å². The zero-order chi connectivity index (χ0) is 10.9. The third kappa shape index (κ3) is 1.75. The molecule has 1 aromatic carbocycles. The van der Waals surface area contributed by atoms with Crippen LogP contribution in [0.3, 0.4) is 0 Å². The van der Waals surface area contributed by atoms with Gasteiger partial charge in [-0.1, -0.05) is 30.3 Å². The molecule has 0 radical (unpaired) electrons. The predicted octanol–water partition coefficient (Wildman–Crippen LogP) is 1.01. The molecule has 1 aromatic rings. The van der Waals surface area contributed by atoms with Crippen LogP contribution in [-0.4, -0.2) is 18.0 Å². The first kappa shape index (κ1) is 10.2. The summed E-state index contributed by atoms with van der Waals surface area (Å²) < 4.78 is 0. The Labute approximate surface area is 89.7 Å². The van der Waals surface area contributed by atoms with Crippen molar-refractivity contribution in [3.05, 3.63) is 35.9 Å². The number of hydrogen-bond donors (Lipinski definition) is 2. The van der Waals surface area contributed by atoms with Crippen molar-refractivity contribution in [2.45, 2.75) is 24.8 Å². The van der Waals surface area contributed by atoms with E-state index in [-0.39, 0.29) is 11.8 Å². The number of amides is 1. The van der Waals surface area contributed by atoms with Crippen molar-refractivity contribution in [2.24, 2.45) is 5.73 Å². The SMILES string of the molecule is CCNC(=O)[C@]1(N)C[C@@H]1c1ccccc1. The Morgan fingerprint density at radius 2 is 2.20 bits per heavy atom. The van der Waals surface area contributed by atoms with E-state index in [9.17, 15) is 4.79 Å². The summed E-state index contributed by atoms with van der Waals surface area (Å²) in [5, 5.41) is 2.78. The van der Waals surface area contributed by atoms with Gasteiger partial charge in [0, 0.05) is 12.5 Å². The first-order valence-electron chi connectivity index (χ1n) is 5.30. The monoisotopic (exact) mass is 204 g/mol. The smallest absolute Gasteiger partial charge is 0.240 e. The number of nitrogens with two attached hydrogens (primary N) is 1. The minimum atomic E-state index is -0.669. The van der Waals surface area contributed by atoms with Crippen LogP contribution in [0.2, 0.25) is 0 Å². The Morgan fingerprint density at radius 1 is 1.53 bits per heavy atom. The van der Waals surface area contributed by atoms with E-state index in [0.717, 1.165) is 12.0 Å². The van der Waals surface area contributed by atoms with Gasteiger partial charge < -0.3 is 11.1 Å². The zero-order valence-corrected chi connectivity index (χ0v) is 8.86. The van der Waals surface area contributed by atoms with E-state index in [1.54, 1.807) is 0 Å². The van der Waals surface area contributed by atoms with Crippen LogP contribution in [0.5, 0.6) is 0 Å². The van der Waals surface area contributed by atoms with Gasteiger partial charge in [0.05, 0.1) is 0 Å². The highest BCUT2D eigenvalue weighted by Crippen LogP contribution is 2.49. The quantitative estimate of drug-likeness (QED) is 0.772. The largest absolute Gasteiger partial charge is 0.355 e. The van der Waals surface area contributed by atoms with Gasteiger partial charge in [-0.15, -0.1) is 0 Å². The molecule has 1 amide bonds. The lowest BCUT2D eigenvalue weighted by atomic mass is 10.1. The summed E-state index contributed by atoms with van der Waals surface area (Å²) in [6.07, 6.45) is 0.753. The molecule has 1 fully saturated rings. The molecule has 3 heteroatoms. The fourth-order valence-corrected chi connectivity index (χ4v) is 1.96. The zero-order valence-electron chi connectivity index (χ0n) is 8.86. The Bertz CT molecular complexity index is 363. The van der Waals surface area contributed by atoms with Crippen LogP contribution in [-0.2, 0) is 4.79 Å². The second-order valence-corrected chi connectivity index (χ2v) is 4.07. The lowest BCUT2D eigenvalue weighted by molar-refractivity contribution is -0.123. The van der Waals surface area contributed by atoms with Crippen molar-refractivity contribution in [1.82, 2.24) is 5.32 Å². The molecule has 2 atom stereocenters. The Kier molecular flexibility index (Phi) is 2.49.